The summed E-state index contributed by atoms with van der Waals surface area (Å²) in [4.78, 5) is 4.84. The molecular weight excluding hydrogens is 190 g/mol. The van der Waals surface area contributed by atoms with Crippen molar-refractivity contribution in [3.63, 3.8) is 0 Å². The molecule has 1 heterocycles. The molecule has 4 heteroatoms. The van der Waals surface area contributed by atoms with Gasteiger partial charge in [-0.15, -0.1) is 0 Å². The van der Waals surface area contributed by atoms with Crippen molar-refractivity contribution in [3.05, 3.63) is 0 Å². The highest BCUT2D eigenvalue weighted by Crippen LogP contribution is 2.05. The van der Waals surface area contributed by atoms with Gasteiger partial charge in [-0.1, -0.05) is 0 Å². The number of likely N-dealkylation sites (N-methyl/N-ethyl adjacent to an activating group) is 1. The highest BCUT2D eigenvalue weighted by atomic mass is 16.5. The smallest absolute Gasteiger partial charge is 0.0474 e. The van der Waals surface area contributed by atoms with E-state index in [-0.39, 0.29) is 0 Å². The Morgan fingerprint density at radius 1 is 1.47 bits per heavy atom. The first-order chi connectivity index (χ1) is 7.24. The molecule has 1 fully saturated rings. The van der Waals surface area contributed by atoms with Gasteiger partial charge in [-0.3, -0.25) is 4.90 Å². The summed E-state index contributed by atoms with van der Waals surface area (Å²) in [6.07, 6.45) is 1.14. The summed E-state index contributed by atoms with van der Waals surface area (Å²) in [6, 6.07) is 0.658. The third-order valence-electron chi connectivity index (χ3n) is 2.84. The van der Waals surface area contributed by atoms with Gasteiger partial charge in [0.05, 0.1) is 0 Å². The molecule has 15 heavy (non-hydrogen) atoms. The summed E-state index contributed by atoms with van der Waals surface area (Å²) in [7, 11) is 6.05. The van der Waals surface area contributed by atoms with Crippen LogP contribution in [0.1, 0.15) is 6.42 Å². The largest absolute Gasteiger partial charge is 0.385 e. The van der Waals surface area contributed by atoms with Gasteiger partial charge in [0.2, 0.25) is 0 Å². The molecule has 1 unspecified atom stereocenters. The molecular formula is C11H25N3O. The second-order valence-electron chi connectivity index (χ2n) is 4.50. The van der Waals surface area contributed by atoms with Crippen LogP contribution in [0.4, 0.5) is 0 Å². The monoisotopic (exact) mass is 215 g/mol. The standard InChI is InChI=1S/C11H25N3O/c1-13(2)10-11-9-12-5-7-14(11)6-4-8-15-3/h11-12H,4-10H2,1-3H3. The molecule has 0 amide bonds. The Kier molecular flexibility index (Phi) is 6.17. The lowest BCUT2D eigenvalue weighted by molar-refractivity contribution is 0.113. The quantitative estimate of drug-likeness (QED) is 0.624. The van der Waals surface area contributed by atoms with Crippen molar-refractivity contribution >= 4 is 0 Å². The van der Waals surface area contributed by atoms with Crippen LogP contribution in [0.15, 0.2) is 0 Å². The zero-order valence-corrected chi connectivity index (χ0v) is 10.3. The van der Waals surface area contributed by atoms with Gasteiger partial charge < -0.3 is 15.0 Å². The van der Waals surface area contributed by atoms with E-state index in [1.165, 1.54) is 6.54 Å². The molecule has 1 N–H and O–H groups in total. The highest BCUT2D eigenvalue weighted by Gasteiger charge is 2.21. The topological polar surface area (TPSA) is 27.7 Å². The summed E-state index contributed by atoms with van der Waals surface area (Å²) in [5.41, 5.74) is 0. The number of rotatable bonds is 6. The van der Waals surface area contributed by atoms with Crippen LogP contribution in [0, 0.1) is 0 Å². The second-order valence-corrected chi connectivity index (χ2v) is 4.50. The molecule has 1 aliphatic heterocycles. The molecule has 0 aromatic rings. The lowest BCUT2D eigenvalue weighted by Crippen LogP contribution is -2.55. The molecule has 0 bridgehead atoms. The van der Waals surface area contributed by atoms with Gasteiger partial charge in [0.15, 0.2) is 0 Å². The predicted octanol–water partition coefficient (Wildman–Crippen LogP) is -0.142. The Bertz CT molecular complexity index is 164. The van der Waals surface area contributed by atoms with Crippen molar-refractivity contribution in [2.75, 3.05) is 60.5 Å². The Labute approximate surface area is 93.6 Å². The average Bonchev–Trinajstić information content (AvgIpc) is 2.20. The average molecular weight is 215 g/mol. The fraction of sp³-hybridized carbons (Fsp3) is 1.00. The third-order valence-corrected chi connectivity index (χ3v) is 2.84. The van der Waals surface area contributed by atoms with Crippen molar-refractivity contribution in [1.82, 2.24) is 15.1 Å². The molecule has 4 nitrogen and oxygen atoms in total. The van der Waals surface area contributed by atoms with E-state index in [2.05, 4.69) is 29.2 Å². The first-order valence-electron chi connectivity index (χ1n) is 5.82. The minimum Gasteiger partial charge on any atom is -0.385 e. The SMILES string of the molecule is COCCCN1CCNCC1CN(C)C. The highest BCUT2D eigenvalue weighted by molar-refractivity contribution is 4.81. The van der Waals surface area contributed by atoms with Crippen LogP contribution >= 0.6 is 0 Å². The zero-order chi connectivity index (χ0) is 11.1. The Morgan fingerprint density at radius 2 is 2.27 bits per heavy atom. The molecule has 0 aromatic carbocycles. The minimum absolute atomic E-state index is 0.658. The van der Waals surface area contributed by atoms with Crippen LogP contribution in [-0.4, -0.2) is 76.4 Å². The fourth-order valence-electron chi connectivity index (χ4n) is 2.11. The van der Waals surface area contributed by atoms with Gasteiger partial charge in [0, 0.05) is 52.5 Å². The minimum atomic E-state index is 0.658. The molecule has 1 saturated heterocycles. The zero-order valence-electron chi connectivity index (χ0n) is 10.3. The van der Waals surface area contributed by atoms with Gasteiger partial charge in [0.1, 0.15) is 0 Å². The first kappa shape index (κ1) is 12.9. The van der Waals surface area contributed by atoms with Crippen LogP contribution in [0.2, 0.25) is 0 Å². The van der Waals surface area contributed by atoms with E-state index in [9.17, 15) is 0 Å². The van der Waals surface area contributed by atoms with E-state index in [4.69, 9.17) is 4.74 Å². The number of ether oxygens (including phenoxy) is 1. The lowest BCUT2D eigenvalue weighted by Gasteiger charge is -2.37. The summed E-state index contributed by atoms with van der Waals surface area (Å²) in [5, 5.41) is 3.46. The maximum Gasteiger partial charge on any atom is 0.0474 e. The Hall–Kier alpha value is -0.160. The molecule has 1 rings (SSSR count). The van der Waals surface area contributed by atoms with Crippen molar-refractivity contribution in [1.29, 1.82) is 0 Å². The van der Waals surface area contributed by atoms with Crippen LogP contribution in [0.3, 0.4) is 0 Å². The number of methoxy groups -OCH3 is 1. The number of hydrogen-bond acceptors (Lipinski definition) is 4. The molecule has 0 spiro atoms. The van der Waals surface area contributed by atoms with E-state index < -0.39 is 0 Å². The number of nitrogens with one attached hydrogen (secondary N) is 1. The Balaban J connectivity index is 2.29. The predicted molar refractivity (Wildman–Crippen MR) is 63.3 cm³/mol. The summed E-state index contributed by atoms with van der Waals surface area (Å²) in [6.45, 7) is 6.58. The van der Waals surface area contributed by atoms with E-state index >= 15 is 0 Å². The maximum atomic E-state index is 5.10. The van der Waals surface area contributed by atoms with E-state index in [1.807, 2.05) is 0 Å². The van der Waals surface area contributed by atoms with E-state index in [0.717, 1.165) is 39.2 Å². The molecule has 1 aliphatic rings. The summed E-state index contributed by atoms with van der Waals surface area (Å²) in [5.74, 6) is 0. The molecule has 0 aliphatic carbocycles. The van der Waals surface area contributed by atoms with Crippen molar-refractivity contribution in [3.8, 4) is 0 Å². The van der Waals surface area contributed by atoms with Gasteiger partial charge in [-0.05, 0) is 20.5 Å². The third kappa shape index (κ3) is 4.93. The van der Waals surface area contributed by atoms with E-state index in [0.29, 0.717) is 6.04 Å². The van der Waals surface area contributed by atoms with E-state index in [1.54, 1.807) is 7.11 Å². The molecule has 0 saturated carbocycles. The summed E-state index contributed by atoms with van der Waals surface area (Å²) < 4.78 is 5.10. The van der Waals surface area contributed by atoms with Crippen molar-refractivity contribution in [2.24, 2.45) is 0 Å². The molecule has 90 valence electrons. The van der Waals surface area contributed by atoms with Crippen LogP contribution in [0.5, 0.6) is 0 Å². The Morgan fingerprint density at radius 3 is 2.93 bits per heavy atom. The van der Waals surface area contributed by atoms with Gasteiger partial charge >= 0.3 is 0 Å². The first-order valence-corrected chi connectivity index (χ1v) is 5.82. The van der Waals surface area contributed by atoms with Crippen molar-refractivity contribution < 1.29 is 4.74 Å². The number of hydrogen-bond donors (Lipinski definition) is 1. The molecule has 0 aromatic heterocycles. The maximum absolute atomic E-state index is 5.10. The van der Waals surface area contributed by atoms with Crippen LogP contribution in [-0.2, 0) is 4.74 Å². The van der Waals surface area contributed by atoms with Crippen LogP contribution < -0.4 is 5.32 Å². The second kappa shape index (κ2) is 7.17. The summed E-state index contributed by atoms with van der Waals surface area (Å²) >= 11 is 0. The van der Waals surface area contributed by atoms with Gasteiger partial charge in [-0.2, -0.15) is 0 Å². The van der Waals surface area contributed by atoms with Gasteiger partial charge in [-0.25, -0.2) is 0 Å². The fourth-order valence-corrected chi connectivity index (χ4v) is 2.11. The molecule has 0 radical (unpaired) electrons. The normalized spacial score (nSPS) is 23.6. The molecule has 1 atom stereocenters. The van der Waals surface area contributed by atoms with Gasteiger partial charge in [0.25, 0.3) is 0 Å². The van der Waals surface area contributed by atoms with Crippen LogP contribution in [0.25, 0.3) is 0 Å². The number of nitrogens with zero attached hydrogens (tertiary/aromatic N) is 2. The lowest BCUT2D eigenvalue weighted by atomic mass is 10.1. The number of piperazine rings is 1. The van der Waals surface area contributed by atoms with Crippen molar-refractivity contribution in [2.45, 2.75) is 12.5 Å².